The van der Waals surface area contributed by atoms with Gasteiger partial charge in [0.2, 0.25) is 5.91 Å². The first-order valence-electron chi connectivity index (χ1n) is 10.7. The van der Waals surface area contributed by atoms with Crippen molar-refractivity contribution in [3.05, 3.63) is 71.4 Å². The highest BCUT2D eigenvalue weighted by Gasteiger charge is 2.22. The van der Waals surface area contributed by atoms with Crippen LogP contribution in [-0.2, 0) is 17.8 Å². The summed E-state index contributed by atoms with van der Waals surface area (Å²) in [5.41, 5.74) is 6.91. The Balaban J connectivity index is 1.68. The third kappa shape index (κ3) is 4.82. The van der Waals surface area contributed by atoms with Gasteiger partial charge in [0, 0.05) is 36.3 Å². The predicted octanol–water partition coefficient (Wildman–Crippen LogP) is 6.33. The number of nitrogens with zero attached hydrogens (tertiary/aromatic N) is 1. The molecule has 0 saturated heterocycles. The van der Waals surface area contributed by atoms with Crippen molar-refractivity contribution in [1.29, 1.82) is 0 Å². The van der Waals surface area contributed by atoms with E-state index in [1.807, 2.05) is 19.1 Å². The topological polar surface area (TPSA) is 45.5 Å². The number of hydrogen-bond acceptors (Lipinski definition) is 3. The minimum Gasteiger partial charge on any atom is -0.472 e. The molecular formula is C26H29FN2O2. The lowest BCUT2D eigenvalue weighted by molar-refractivity contribution is -0.117. The Bertz CT molecular complexity index is 1100. The van der Waals surface area contributed by atoms with Crippen LogP contribution in [0.25, 0.3) is 11.1 Å². The van der Waals surface area contributed by atoms with Crippen molar-refractivity contribution >= 4 is 17.3 Å². The zero-order chi connectivity index (χ0) is 22.2. The van der Waals surface area contributed by atoms with E-state index in [9.17, 15) is 9.18 Å². The van der Waals surface area contributed by atoms with E-state index >= 15 is 0 Å². The van der Waals surface area contributed by atoms with E-state index in [1.165, 1.54) is 6.07 Å². The van der Waals surface area contributed by atoms with Gasteiger partial charge in [0.05, 0.1) is 18.2 Å². The van der Waals surface area contributed by atoms with E-state index in [4.69, 9.17) is 4.42 Å². The van der Waals surface area contributed by atoms with Crippen LogP contribution in [0.3, 0.4) is 0 Å². The van der Waals surface area contributed by atoms with E-state index in [0.717, 1.165) is 58.7 Å². The van der Waals surface area contributed by atoms with Crippen LogP contribution in [0.2, 0.25) is 0 Å². The Morgan fingerprint density at radius 1 is 1.16 bits per heavy atom. The van der Waals surface area contributed by atoms with Gasteiger partial charge in [0.1, 0.15) is 5.82 Å². The molecule has 0 unspecified atom stereocenters. The van der Waals surface area contributed by atoms with Crippen LogP contribution in [-0.4, -0.2) is 12.5 Å². The Morgan fingerprint density at radius 2 is 1.97 bits per heavy atom. The molecule has 0 spiro atoms. The molecule has 0 bridgehead atoms. The van der Waals surface area contributed by atoms with Crippen molar-refractivity contribution in [2.75, 3.05) is 16.8 Å². The van der Waals surface area contributed by atoms with Crippen LogP contribution in [0.4, 0.5) is 15.8 Å². The van der Waals surface area contributed by atoms with Gasteiger partial charge in [-0.3, -0.25) is 4.79 Å². The molecule has 5 heteroatoms. The molecule has 31 heavy (non-hydrogen) atoms. The summed E-state index contributed by atoms with van der Waals surface area (Å²) < 4.78 is 18.9. The fraction of sp³-hybridized carbons (Fsp3) is 0.346. The summed E-state index contributed by atoms with van der Waals surface area (Å²) in [6.45, 7) is 9.73. The summed E-state index contributed by atoms with van der Waals surface area (Å²) in [5.74, 6) is -0.178. The van der Waals surface area contributed by atoms with Gasteiger partial charge >= 0.3 is 0 Å². The number of hydrogen-bond donors (Lipinski definition) is 1. The number of benzene rings is 2. The van der Waals surface area contributed by atoms with Crippen LogP contribution < -0.4 is 10.2 Å². The number of carbonyl (C=O) groups excluding carboxylic acids is 1. The second kappa shape index (κ2) is 8.22. The molecule has 0 radical (unpaired) electrons. The maximum atomic E-state index is 13.6. The maximum absolute atomic E-state index is 13.6. The molecule has 1 amide bonds. The number of furan rings is 1. The minimum absolute atomic E-state index is 0.00187. The molecule has 1 aliphatic rings. The number of nitrogens with one attached hydrogen (secondary N) is 1. The molecular weight excluding hydrogens is 391 g/mol. The first-order valence-corrected chi connectivity index (χ1v) is 10.7. The summed E-state index contributed by atoms with van der Waals surface area (Å²) in [6.07, 6.45) is 4.59. The zero-order valence-electron chi connectivity index (χ0n) is 18.6. The third-order valence-electron chi connectivity index (χ3n) is 5.65. The van der Waals surface area contributed by atoms with Crippen molar-refractivity contribution in [3.63, 3.8) is 0 Å². The van der Waals surface area contributed by atoms with Gasteiger partial charge in [-0.15, -0.1) is 0 Å². The molecule has 4 nitrogen and oxygen atoms in total. The molecule has 2 heterocycles. The molecule has 3 aromatic rings. The number of amides is 1. The molecule has 1 N–H and O–H groups in total. The molecule has 0 aliphatic carbocycles. The SMILES string of the molecule is Cc1cc(N2CCc3cc(F)ccc3C2)cc(-c2ccoc2)c1NC(=O)CC(C)(C)C. The molecule has 0 fully saturated rings. The summed E-state index contributed by atoms with van der Waals surface area (Å²) in [6, 6.07) is 11.2. The molecule has 4 rings (SSSR count). The van der Waals surface area contributed by atoms with E-state index < -0.39 is 0 Å². The minimum atomic E-state index is -0.180. The van der Waals surface area contributed by atoms with Crippen molar-refractivity contribution in [1.82, 2.24) is 0 Å². The highest BCUT2D eigenvalue weighted by Crippen LogP contribution is 2.37. The van der Waals surface area contributed by atoms with Gasteiger partial charge in [0.15, 0.2) is 0 Å². The fourth-order valence-corrected chi connectivity index (χ4v) is 4.17. The van der Waals surface area contributed by atoms with Crippen molar-refractivity contribution in [3.8, 4) is 11.1 Å². The number of halogens is 1. The van der Waals surface area contributed by atoms with Gasteiger partial charge < -0.3 is 14.6 Å². The molecule has 162 valence electrons. The Labute approximate surface area is 183 Å². The Hall–Kier alpha value is -3.08. The number of rotatable bonds is 4. The smallest absolute Gasteiger partial charge is 0.224 e. The van der Waals surface area contributed by atoms with Crippen LogP contribution in [0.15, 0.2) is 53.3 Å². The van der Waals surface area contributed by atoms with Crippen LogP contribution >= 0.6 is 0 Å². The van der Waals surface area contributed by atoms with E-state index in [1.54, 1.807) is 18.6 Å². The summed E-state index contributed by atoms with van der Waals surface area (Å²) in [7, 11) is 0. The van der Waals surface area contributed by atoms with Gasteiger partial charge in [-0.05, 0) is 65.8 Å². The van der Waals surface area contributed by atoms with Gasteiger partial charge in [-0.25, -0.2) is 4.39 Å². The van der Waals surface area contributed by atoms with Gasteiger partial charge in [-0.1, -0.05) is 26.8 Å². The maximum Gasteiger partial charge on any atom is 0.224 e. The van der Waals surface area contributed by atoms with Gasteiger partial charge in [0.25, 0.3) is 0 Å². The molecule has 0 atom stereocenters. The average molecular weight is 421 g/mol. The molecule has 0 saturated carbocycles. The number of carbonyl (C=O) groups is 1. The lowest BCUT2D eigenvalue weighted by Crippen LogP contribution is -2.30. The van der Waals surface area contributed by atoms with E-state index in [0.29, 0.717) is 6.42 Å². The van der Waals surface area contributed by atoms with E-state index in [2.05, 4.69) is 43.1 Å². The largest absolute Gasteiger partial charge is 0.472 e. The lowest BCUT2D eigenvalue weighted by Gasteiger charge is -2.32. The van der Waals surface area contributed by atoms with E-state index in [-0.39, 0.29) is 17.1 Å². The quantitative estimate of drug-likeness (QED) is 0.536. The fourth-order valence-electron chi connectivity index (χ4n) is 4.17. The standard InChI is InChI=1S/C26H29FN2O2/c1-17-11-22(29-9-7-18-12-21(27)6-5-19(18)15-29)13-23(20-8-10-31-16-20)25(17)28-24(30)14-26(2,3)4/h5-6,8,10-13,16H,7,9,14-15H2,1-4H3,(H,28,30). The zero-order valence-corrected chi connectivity index (χ0v) is 18.6. The van der Waals surface area contributed by atoms with Crippen molar-refractivity contribution in [2.45, 2.75) is 47.1 Å². The highest BCUT2D eigenvalue weighted by atomic mass is 19.1. The molecule has 1 aromatic heterocycles. The Kier molecular flexibility index (Phi) is 5.61. The second-order valence-corrected chi connectivity index (χ2v) is 9.57. The molecule has 2 aromatic carbocycles. The van der Waals surface area contributed by atoms with Crippen molar-refractivity contribution in [2.24, 2.45) is 5.41 Å². The summed E-state index contributed by atoms with van der Waals surface area (Å²) >= 11 is 0. The highest BCUT2D eigenvalue weighted by molar-refractivity contribution is 5.97. The molecule has 1 aliphatic heterocycles. The monoisotopic (exact) mass is 420 g/mol. The Morgan fingerprint density at radius 3 is 2.68 bits per heavy atom. The average Bonchev–Trinajstić information content (AvgIpc) is 3.22. The number of anilines is 2. The predicted molar refractivity (Wildman–Crippen MR) is 123 cm³/mol. The van der Waals surface area contributed by atoms with Gasteiger partial charge in [-0.2, -0.15) is 0 Å². The number of aryl methyl sites for hydroxylation is 1. The van der Waals surface area contributed by atoms with Crippen LogP contribution in [0.1, 0.15) is 43.9 Å². The normalized spacial score (nSPS) is 13.8. The first-order chi connectivity index (χ1) is 14.7. The van der Waals surface area contributed by atoms with Crippen LogP contribution in [0.5, 0.6) is 0 Å². The first kappa shape index (κ1) is 21.2. The third-order valence-corrected chi connectivity index (χ3v) is 5.65. The lowest BCUT2D eigenvalue weighted by atomic mass is 9.91. The van der Waals surface area contributed by atoms with Crippen LogP contribution in [0, 0.1) is 18.2 Å². The van der Waals surface area contributed by atoms with Crippen molar-refractivity contribution < 1.29 is 13.6 Å². The summed E-state index contributed by atoms with van der Waals surface area (Å²) in [5, 5.41) is 3.13. The second-order valence-electron chi connectivity index (χ2n) is 9.57. The summed E-state index contributed by atoms with van der Waals surface area (Å²) in [4.78, 5) is 15.0. The number of fused-ring (bicyclic) bond motifs is 1.